The molecule has 104 valence electrons. The largest absolute Gasteiger partial charge is 0.480 e. The number of alkyl halides is 1. The standard InChI is InChI=1S/C14H19ClN2O2/c1-19-13-12(5-2-8-16-13)14(18)17-9-3-4-11(10-17)6-7-15/h2,5,8,11H,3-4,6-7,9-10H2,1H3. The number of hydrogen-bond acceptors (Lipinski definition) is 3. The van der Waals surface area contributed by atoms with Crippen LogP contribution < -0.4 is 4.74 Å². The van der Waals surface area contributed by atoms with Crippen LogP contribution in [0, 0.1) is 5.92 Å². The van der Waals surface area contributed by atoms with E-state index in [1.807, 2.05) is 4.90 Å². The second kappa shape index (κ2) is 6.75. The number of rotatable bonds is 4. The van der Waals surface area contributed by atoms with E-state index in [4.69, 9.17) is 16.3 Å². The number of ether oxygens (including phenoxy) is 1. The summed E-state index contributed by atoms with van der Waals surface area (Å²) in [4.78, 5) is 18.5. The zero-order valence-corrected chi connectivity index (χ0v) is 11.9. The van der Waals surface area contributed by atoms with E-state index >= 15 is 0 Å². The molecule has 19 heavy (non-hydrogen) atoms. The van der Waals surface area contributed by atoms with Crippen molar-refractivity contribution in [3.63, 3.8) is 0 Å². The number of methoxy groups -OCH3 is 1. The van der Waals surface area contributed by atoms with Crippen LogP contribution in [0.15, 0.2) is 18.3 Å². The summed E-state index contributed by atoms with van der Waals surface area (Å²) in [5.41, 5.74) is 0.538. The van der Waals surface area contributed by atoms with Crippen molar-refractivity contribution in [3.05, 3.63) is 23.9 Å². The van der Waals surface area contributed by atoms with Crippen molar-refractivity contribution in [1.29, 1.82) is 0 Å². The van der Waals surface area contributed by atoms with Gasteiger partial charge in [-0.3, -0.25) is 4.79 Å². The number of pyridine rings is 1. The lowest BCUT2D eigenvalue weighted by Gasteiger charge is -2.32. The molecule has 0 saturated carbocycles. The third-order valence-corrected chi connectivity index (χ3v) is 3.74. The highest BCUT2D eigenvalue weighted by Crippen LogP contribution is 2.23. The number of hydrogen-bond donors (Lipinski definition) is 0. The second-order valence-corrected chi connectivity index (χ2v) is 5.18. The highest BCUT2D eigenvalue weighted by Gasteiger charge is 2.26. The quantitative estimate of drug-likeness (QED) is 0.797. The summed E-state index contributed by atoms with van der Waals surface area (Å²) in [5.74, 6) is 1.57. The minimum Gasteiger partial charge on any atom is -0.480 e. The van der Waals surface area contributed by atoms with Crippen molar-refractivity contribution < 1.29 is 9.53 Å². The molecule has 0 aromatic carbocycles. The number of likely N-dealkylation sites (tertiary alicyclic amines) is 1. The lowest BCUT2D eigenvalue weighted by Crippen LogP contribution is -2.40. The van der Waals surface area contributed by atoms with Crippen LogP contribution in [0.4, 0.5) is 0 Å². The Balaban J connectivity index is 2.10. The van der Waals surface area contributed by atoms with E-state index in [9.17, 15) is 4.79 Å². The molecule has 0 radical (unpaired) electrons. The van der Waals surface area contributed by atoms with Gasteiger partial charge in [-0.25, -0.2) is 4.98 Å². The maximum absolute atomic E-state index is 12.5. The normalized spacial score (nSPS) is 19.3. The zero-order valence-electron chi connectivity index (χ0n) is 11.1. The topological polar surface area (TPSA) is 42.4 Å². The third-order valence-electron chi connectivity index (χ3n) is 3.52. The van der Waals surface area contributed by atoms with E-state index in [1.165, 1.54) is 7.11 Å². The van der Waals surface area contributed by atoms with Gasteiger partial charge in [-0.15, -0.1) is 11.6 Å². The molecular weight excluding hydrogens is 264 g/mol. The molecule has 0 bridgehead atoms. The summed E-state index contributed by atoms with van der Waals surface area (Å²) in [7, 11) is 1.53. The first-order valence-corrected chi connectivity index (χ1v) is 7.14. The highest BCUT2D eigenvalue weighted by molar-refractivity contribution is 6.17. The number of aromatic nitrogens is 1. The number of nitrogens with zero attached hydrogens (tertiary/aromatic N) is 2. The van der Waals surface area contributed by atoms with Crippen LogP contribution in [0.5, 0.6) is 5.88 Å². The minimum atomic E-state index is 0.00391. The number of carbonyl (C=O) groups excluding carboxylic acids is 1. The Labute approximate surface area is 118 Å². The van der Waals surface area contributed by atoms with Crippen LogP contribution in [0.3, 0.4) is 0 Å². The number of piperidine rings is 1. The molecule has 1 fully saturated rings. The van der Waals surface area contributed by atoms with Crippen LogP contribution in [0.1, 0.15) is 29.6 Å². The van der Waals surface area contributed by atoms with E-state index < -0.39 is 0 Å². The number of halogens is 1. The Bertz CT molecular complexity index is 437. The lowest BCUT2D eigenvalue weighted by molar-refractivity contribution is 0.0667. The molecule has 1 aromatic heterocycles. The van der Waals surface area contributed by atoms with Crippen LogP contribution in [-0.2, 0) is 0 Å². The van der Waals surface area contributed by atoms with Gasteiger partial charge < -0.3 is 9.64 Å². The van der Waals surface area contributed by atoms with Gasteiger partial charge in [0.15, 0.2) is 0 Å². The Kier molecular flexibility index (Phi) is 5.02. The molecule has 1 aromatic rings. The fraction of sp³-hybridized carbons (Fsp3) is 0.571. The van der Waals surface area contributed by atoms with Gasteiger partial charge >= 0.3 is 0 Å². The average Bonchev–Trinajstić information content (AvgIpc) is 2.47. The van der Waals surface area contributed by atoms with Gasteiger partial charge in [0.25, 0.3) is 5.91 Å². The predicted octanol–water partition coefficient (Wildman–Crippen LogP) is 2.57. The Morgan fingerprint density at radius 1 is 1.63 bits per heavy atom. The van der Waals surface area contributed by atoms with Crippen molar-refractivity contribution in [2.75, 3.05) is 26.1 Å². The first-order chi connectivity index (χ1) is 9.26. The van der Waals surface area contributed by atoms with Crippen molar-refractivity contribution >= 4 is 17.5 Å². The lowest BCUT2D eigenvalue weighted by atomic mass is 9.95. The van der Waals surface area contributed by atoms with Gasteiger partial charge in [-0.05, 0) is 37.3 Å². The smallest absolute Gasteiger partial charge is 0.259 e. The van der Waals surface area contributed by atoms with Gasteiger partial charge in [0.2, 0.25) is 5.88 Å². The average molecular weight is 283 g/mol. The molecule has 1 unspecified atom stereocenters. The van der Waals surface area contributed by atoms with Crippen LogP contribution in [-0.4, -0.2) is 41.9 Å². The SMILES string of the molecule is COc1ncccc1C(=O)N1CCCC(CCCl)C1. The molecule has 1 atom stereocenters. The fourth-order valence-corrected chi connectivity index (χ4v) is 2.83. The molecule has 0 N–H and O–H groups in total. The molecule has 1 aliphatic heterocycles. The van der Waals surface area contributed by atoms with E-state index in [1.54, 1.807) is 18.3 Å². The Morgan fingerprint density at radius 3 is 3.21 bits per heavy atom. The van der Waals surface area contributed by atoms with E-state index in [0.29, 0.717) is 23.2 Å². The van der Waals surface area contributed by atoms with Crippen molar-refractivity contribution in [2.45, 2.75) is 19.3 Å². The predicted molar refractivity (Wildman–Crippen MR) is 74.8 cm³/mol. The van der Waals surface area contributed by atoms with Gasteiger partial charge in [0.1, 0.15) is 5.56 Å². The molecule has 1 aliphatic rings. The Hall–Kier alpha value is -1.29. The zero-order chi connectivity index (χ0) is 13.7. The summed E-state index contributed by atoms with van der Waals surface area (Å²) in [5, 5.41) is 0. The maximum atomic E-state index is 12.5. The summed E-state index contributed by atoms with van der Waals surface area (Å²) in [6, 6.07) is 3.52. The summed E-state index contributed by atoms with van der Waals surface area (Å²) in [6.07, 6.45) is 4.79. The minimum absolute atomic E-state index is 0.00391. The molecule has 5 heteroatoms. The molecule has 0 spiro atoms. The van der Waals surface area contributed by atoms with Crippen molar-refractivity contribution in [3.8, 4) is 5.88 Å². The number of carbonyl (C=O) groups is 1. The molecule has 1 saturated heterocycles. The molecule has 1 amide bonds. The van der Waals surface area contributed by atoms with E-state index in [0.717, 1.165) is 32.4 Å². The third kappa shape index (κ3) is 3.38. The summed E-state index contributed by atoms with van der Waals surface area (Å²) >= 11 is 5.79. The summed E-state index contributed by atoms with van der Waals surface area (Å²) < 4.78 is 5.15. The highest BCUT2D eigenvalue weighted by atomic mass is 35.5. The van der Waals surface area contributed by atoms with Crippen LogP contribution in [0.25, 0.3) is 0 Å². The van der Waals surface area contributed by atoms with E-state index in [2.05, 4.69) is 4.98 Å². The van der Waals surface area contributed by atoms with Gasteiger partial charge in [0.05, 0.1) is 7.11 Å². The van der Waals surface area contributed by atoms with E-state index in [-0.39, 0.29) is 5.91 Å². The van der Waals surface area contributed by atoms with Crippen molar-refractivity contribution in [1.82, 2.24) is 9.88 Å². The molecular formula is C14H19ClN2O2. The first kappa shape index (κ1) is 14.1. The Morgan fingerprint density at radius 2 is 2.47 bits per heavy atom. The molecule has 4 nitrogen and oxygen atoms in total. The second-order valence-electron chi connectivity index (χ2n) is 4.80. The molecule has 2 rings (SSSR count). The van der Waals surface area contributed by atoms with Gasteiger partial charge in [-0.2, -0.15) is 0 Å². The fourth-order valence-electron chi connectivity index (χ4n) is 2.53. The molecule has 0 aliphatic carbocycles. The van der Waals surface area contributed by atoms with Crippen LogP contribution >= 0.6 is 11.6 Å². The van der Waals surface area contributed by atoms with Crippen molar-refractivity contribution in [2.24, 2.45) is 5.92 Å². The monoisotopic (exact) mass is 282 g/mol. The van der Waals surface area contributed by atoms with Gasteiger partial charge in [-0.1, -0.05) is 0 Å². The molecule has 2 heterocycles. The first-order valence-electron chi connectivity index (χ1n) is 6.60. The maximum Gasteiger partial charge on any atom is 0.259 e. The van der Waals surface area contributed by atoms with Gasteiger partial charge in [0, 0.05) is 25.2 Å². The summed E-state index contributed by atoms with van der Waals surface area (Å²) in [6.45, 7) is 1.58. The number of amides is 1. The van der Waals surface area contributed by atoms with Crippen LogP contribution in [0.2, 0.25) is 0 Å².